The van der Waals surface area contributed by atoms with Crippen LogP contribution in [0.2, 0.25) is 0 Å². The molecule has 0 aliphatic carbocycles. The maximum atomic E-state index is 9.46. The fourth-order valence-electron chi connectivity index (χ4n) is 1.86. The molecular weight excluding hydrogens is 214 g/mol. The first-order valence-electron chi connectivity index (χ1n) is 5.42. The van der Waals surface area contributed by atoms with Crippen molar-refractivity contribution in [3.8, 4) is 22.6 Å². The Morgan fingerprint density at radius 3 is 2.59 bits per heavy atom. The molecule has 0 saturated heterocycles. The number of aromatic nitrogens is 1. The molecule has 88 valence electrons. The summed E-state index contributed by atoms with van der Waals surface area (Å²) in [4.78, 5) is 3.98. The van der Waals surface area contributed by atoms with Crippen LogP contribution in [0.5, 0.6) is 11.5 Å². The van der Waals surface area contributed by atoms with Crippen molar-refractivity contribution in [2.24, 2.45) is 0 Å². The molecule has 0 saturated carbocycles. The van der Waals surface area contributed by atoms with Gasteiger partial charge in [-0.3, -0.25) is 4.98 Å². The number of pyridine rings is 1. The van der Waals surface area contributed by atoms with Gasteiger partial charge in [0.05, 0.1) is 13.3 Å². The van der Waals surface area contributed by atoms with Crippen molar-refractivity contribution >= 4 is 0 Å². The molecule has 2 aromatic rings. The molecule has 0 aliphatic heterocycles. The number of rotatable bonds is 2. The van der Waals surface area contributed by atoms with Crippen LogP contribution in [0.3, 0.4) is 0 Å². The second-order valence-electron chi connectivity index (χ2n) is 4.02. The van der Waals surface area contributed by atoms with Crippen LogP contribution >= 0.6 is 0 Å². The van der Waals surface area contributed by atoms with Gasteiger partial charge >= 0.3 is 0 Å². The van der Waals surface area contributed by atoms with E-state index in [1.165, 1.54) is 11.8 Å². The van der Waals surface area contributed by atoms with Gasteiger partial charge in [-0.25, -0.2) is 0 Å². The van der Waals surface area contributed by atoms with Crippen LogP contribution in [0.4, 0.5) is 0 Å². The van der Waals surface area contributed by atoms with E-state index in [2.05, 4.69) is 4.98 Å². The number of ether oxygens (including phenoxy) is 1. The predicted molar refractivity (Wildman–Crippen MR) is 67.4 cm³/mol. The third kappa shape index (κ3) is 2.09. The molecule has 0 aliphatic rings. The molecule has 1 aromatic carbocycles. The molecule has 1 heterocycles. The van der Waals surface area contributed by atoms with Crippen molar-refractivity contribution < 1.29 is 9.84 Å². The quantitative estimate of drug-likeness (QED) is 0.860. The van der Waals surface area contributed by atoms with Gasteiger partial charge < -0.3 is 9.84 Å². The van der Waals surface area contributed by atoms with Gasteiger partial charge in [-0.15, -0.1) is 0 Å². The first kappa shape index (κ1) is 11.5. The average Bonchev–Trinajstić information content (AvgIpc) is 2.32. The molecule has 1 aromatic heterocycles. The van der Waals surface area contributed by atoms with Crippen molar-refractivity contribution in [2.45, 2.75) is 13.8 Å². The van der Waals surface area contributed by atoms with Gasteiger partial charge in [0.15, 0.2) is 0 Å². The van der Waals surface area contributed by atoms with Gasteiger partial charge in [-0.1, -0.05) is 12.1 Å². The minimum atomic E-state index is 0.155. The van der Waals surface area contributed by atoms with Gasteiger partial charge in [0.2, 0.25) is 0 Å². The van der Waals surface area contributed by atoms with E-state index in [1.807, 2.05) is 26.0 Å². The van der Waals surface area contributed by atoms with E-state index in [0.717, 1.165) is 22.4 Å². The standard InChI is InChI=1S/C14H15NO2/c1-9-4-5-13(14(17-3)10(9)2)11-6-12(16)8-15-7-11/h4-8,16H,1-3H3. The molecule has 0 bridgehead atoms. The SMILES string of the molecule is COc1c(-c2cncc(O)c2)ccc(C)c1C. The second kappa shape index (κ2) is 4.45. The normalized spacial score (nSPS) is 10.3. The molecule has 0 spiro atoms. The van der Waals surface area contributed by atoms with Crippen LogP contribution in [0.15, 0.2) is 30.6 Å². The number of aryl methyl sites for hydroxylation is 1. The largest absolute Gasteiger partial charge is 0.506 e. The Kier molecular flexibility index (Phi) is 3.00. The summed E-state index contributed by atoms with van der Waals surface area (Å²) in [6, 6.07) is 5.70. The summed E-state index contributed by atoms with van der Waals surface area (Å²) >= 11 is 0. The van der Waals surface area contributed by atoms with E-state index in [9.17, 15) is 5.11 Å². The van der Waals surface area contributed by atoms with E-state index < -0.39 is 0 Å². The van der Waals surface area contributed by atoms with E-state index >= 15 is 0 Å². The lowest BCUT2D eigenvalue weighted by atomic mass is 10.00. The Morgan fingerprint density at radius 2 is 1.94 bits per heavy atom. The van der Waals surface area contributed by atoms with Crippen LogP contribution < -0.4 is 4.74 Å². The molecule has 3 heteroatoms. The van der Waals surface area contributed by atoms with E-state index in [-0.39, 0.29) is 5.75 Å². The van der Waals surface area contributed by atoms with Gasteiger partial charge in [-0.05, 0) is 31.0 Å². The summed E-state index contributed by atoms with van der Waals surface area (Å²) in [5.74, 6) is 0.986. The number of benzene rings is 1. The van der Waals surface area contributed by atoms with E-state index in [4.69, 9.17) is 4.74 Å². The molecule has 0 unspecified atom stereocenters. The van der Waals surface area contributed by atoms with Crippen LogP contribution in [0.25, 0.3) is 11.1 Å². The van der Waals surface area contributed by atoms with Gasteiger partial charge in [0.25, 0.3) is 0 Å². The van der Waals surface area contributed by atoms with E-state index in [0.29, 0.717) is 0 Å². The molecule has 0 amide bonds. The van der Waals surface area contributed by atoms with Crippen molar-refractivity contribution in [2.75, 3.05) is 7.11 Å². The monoisotopic (exact) mass is 229 g/mol. The summed E-state index contributed by atoms with van der Waals surface area (Å²) in [5, 5.41) is 9.46. The number of nitrogens with zero attached hydrogens (tertiary/aromatic N) is 1. The first-order valence-corrected chi connectivity index (χ1v) is 5.42. The van der Waals surface area contributed by atoms with E-state index in [1.54, 1.807) is 19.4 Å². The topological polar surface area (TPSA) is 42.4 Å². The van der Waals surface area contributed by atoms with Crippen LogP contribution in [0, 0.1) is 13.8 Å². The first-order chi connectivity index (χ1) is 8.13. The predicted octanol–water partition coefficient (Wildman–Crippen LogP) is 3.08. The lowest BCUT2D eigenvalue weighted by molar-refractivity contribution is 0.413. The zero-order valence-corrected chi connectivity index (χ0v) is 10.2. The number of hydrogen-bond acceptors (Lipinski definition) is 3. The van der Waals surface area contributed by atoms with Crippen molar-refractivity contribution in [1.29, 1.82) is 0 Å². The fourth-order valence-corrected chi connectivity index (χ4v) is 1.86. The minimum absolute atomic E-state index is 0.155. The van der Waals surface area contributed by atoms with Crippen LogP contribution in [-0.4, -0.2) is 17.2 Å². The number of hydrogen-bond donors (Lipinski definition) is 1. The molecule has 1 N–H and O–H groups in total. The van der Waals surface area contributed by atoms with Gasteiger partial charge in [0.1, 0.15) is 11.5 Å². The number of aromatic hydroxyl groups is 1. The lowest BCUT2D eigenvalue weighted by Gasteiger charge is -2.13. The van der Waals surface area contributed by atoms with Gasteiger partial charge in [0, 0.05) is 17.3 Å². The molecular formula is C14H15NO2. The molecule has 0 atom stereocenters. The molecule has 3 nitrogen and oxygen atoms in total. The Labute approximate surface area is 101 Å². The Morgan fingerprint density at radius 1 is 1.18 bits per heavy atom. The maximum absolute atomic E-state index is 9.46. The highest BCUT2D eigenvalue weighted by Crippen LogP contribution is 2.35. The molecule has 2 rings (SSSR count). The summed E-state index contributed by atoms with van der Waals surface area (Å²) < 4.78 is 5.44. The van der Waals surface area contributed by atoms with Crippen molar-refractivity contribution in [3.63, 3.8) is 0 Å². The number of methoxy groups -OCH3 is 1. The zero-order valence-electron chi connectivity index (χ0n) is 10.2. The highest BCUT2D eigenvalue weighted by atomic mass is 16.5. The Hall–Kier alpha value is -2.03. The highest BCUT2D eigenvalue weighted by molar-refractivity contribution is 5.73. The maximum Gasteiger partial charge on any atom is 0.134 e. The summed E-state index contributed by atoms with van der Waals surface area (Å²) in [5.41, 5.74) is 4.08. The van der Waals surface area contributed by atoms with Crippen LogP contribution in [0.1, 0.15) is 11.1 Å². The minimum Gasteiger partial charge on any atom is -0.506 e. The highest BCUT2D eigenvalue weighted by Gasteiger charge is 2.10. The third-order valence-electron chi connectivity index (χ3n) is 2.92. The fraction of sp³-hybridized carbons (Fsp3) is 0.214. The lowest BCUT2D eigenvalue weighted by Crippen LogP contribution is -1.94. The Bertz CT molecular complexity index is 550. The Balaban J connectivity index is 2.63. The van der Waals surface area contributed by atoms with Crippen LogP contribution in [-0.2, 0) is 0 Å². The average molecular weight is 229 g/mol. The second-order valence-corrected chi connectivity index (χ2v) is 4.02. The summed E-state index contributed by atoms with van der Waals surface area (Å²) in [6.45, 7) is 4.07. The van der Waals surface area contributed by atoms with Crippen molar-refractivity contribution in [3.05, 3.63) is 41.7 Å². The summed E-state index contributed by atoms with van der Waals surface area (Å²) in [6.07, 6.45) is 3.13. The third-order valence-corrected chi connectivity index (χ3v) is 2.92. The zero-order chi connectivity index (χ0) is 12.4. The summed E-state index contributed by atoms with van der Waals surface area (Å²) in [7, 11) is 1.65. The molecule has 0 radical (unpaired) electrons. The smallest absolute Gasteiger partial charge is 0.134 e. The van der Waals surface area contributed by atoms with Gasteiger partial charge in [-0.2, -0.15) is 0 Å². The van der Waals surface area contributed by atoms with Crippen molar-refractivity contribution in [1.82, 2.24) is 4.98 Å². The molecule has 17 heavy (non-hydrogen) atoms. The molecule has 0 fully saturated rings.